The number of aryl methyl sites for hydroxylation is 1. The van der Waals surface area contributed by atoms with Crippen molar-refractivity contribution in [2.24, 2.45) is 11.8 Å². The van der Waals surface area contributed by atoms with Gasteiger partial charge in [-0.3, -0.25) is 4.79 Å². The van der Waals surface area contributed by atoms with Gasteiger partial charge in [-0.1, -0.05) is 19.1 Å². The van der Waals surface area contributed by atoms with E-state index in [1.54, 1.807) is 0 Å². The van der Waals surface area contributed by atoms with Gasteiger partial charge in [-0.2, -0.15) is 0 Å². The Bertz CT molecular complexity index is 477. The molecule has 1 saturated carbocycles. The van der Waals surface area contributed by atoms with Crippen molar-refractivity contribution in [2.45, 2.75) is 20.3 Å². The molecule has 2 fully saturated rings. The molecule has 3 rings (SSSR count). The summed E-state index contributed by atoms with van der Waals surface area (Å²) in [5, 5.41) is 0. The first-order valence-electron chi connectivity index (χ1n) is 7.25. The molecule has 3 nitrogen and oxygen atoms in total. The Hall–Kier alpha value is -1.51. The minimum atomic E-state index is 0.325. The van der Waals surface area contributed by atoms with Gasteiger partial charge in [0.2, 0.25) is 5.91 Å². The molecule has 1 heterocycles. The second kappa shape index (κ2) is 4.87. The summed E-state index contributed by atoms with van der Waals surface area (Å²) in [7, 11) is 0. The maximum absolute atomic E-state index is 12.2. The maximum atomic E-state index is 12.2. The van der Waals surface area contributed by atoms with Gasteiger partial charge in [0, 0.05) is 37.8 Å². The van der Waals surface area contributed by atoms with Crippen LogP contribution in [0.15, 0.2) is 24.3 Å². The van der Waals surface area contributed by atoms with Crippen LogP contribution in [-0.2, 0) is 4.79 Å². The summed E-state index contributed by atoms with van der Waals surface area (Å²) in [5.74, 6) is 1.32. The number of rotatable bonds is 2. The Morgan fingerprint density at radius 1 is 1.21 bits per heavy atom. The average Bonchev–Trinajstić information content (AvgIpc) is 3.15. The Morgan fingerprint density at radius 3 is 2.47 bits per heavy atom. The van der Waals surface area contributed by atoms with Crippen molar-refractivity contribution < 1.29 is 4.79 Å². The molecule has 2 unspecified atom stereocenters. The number of carbonyl (C=O) groups excluding carboxylic acids is 1. The zero-order valence-electron chi connectivity index (χ0n) is 11.8. The summed E-state index contributed by atoms with van der Waals surface area (Å²) in [6.07, 6.45) is 1.09. The molecule has 102 valence electrons. The van der Waals surface area contributed by atoms with Crippen LogP contribution < -0.4 is 4.90 Å². The van der Waals surface area contributed by atoms with E-state index in [2.05, 4.69) is 47.9 Å². The lowest BCUT2D eigenvalue weighted by atomic mass is 10.2. The van der Waals surface area contributed by atoms with Gasteiger partial charge < -0.3 is 9.80 Å². The highest BCUT2D eigenvalue weighted by molar-refractivity contribution is 5.81. The molecule has 2 aliphatic rings. The molecular weight excluding hydrogens is 236 g/mol. The fourth-order valence-corrected chi connectivity index (χ4v) is 2.91. The van der Waals surface area contributed by atoms with Crippen molar-refractivity contribution in [1.29, 1.82) is 0 Å². The lowest BCUT2D eigenvalue weighted by Gasteiger charge is -2.36. The highest BCUT2D eigenvalue weighted by Crippen LogP contribution is 2.39. The fourth-order valence-electron chi connectivity index (χ4n) is 2.91. The number of piperazine rings is 1. The molecule has 0 spiro atoms. The molecule has 3 heteroatoms. The third-order valence-electron chi connectivity index (χ3n) is 4.38. The summed E-state index contributed by atoms with van der Waals surface area (Å²) in [4.78, 5) is 16.6. The van der Waals surface area contributed by atoms with Gasteiger partial charge in [0.05, 0.1) is 0 Å². The van der Waals surface area contributed by atoms with E-state index in [0.29, 0.717) is 17.7 Å². The topological polar surface area (TPSA) is 23.6 Å². The number of anilines is 1. The van der Waals surface area contributed by atoms with Gasteiger partial charge in [0.15, 0.2) is 0 Å². The molecule has 0 aromatic heterocycles. The molecule has 0 bridgehead atoms. The molecule has 1 aliphatic heterocycles. The van der Waals surface area contributed by atoms with E-state index in [0.717, 1.165) is 32.6 Å². The minimum Gasteiger partial charge on any atom is -0.368 e. The van der Waals surface area contributed by atoms with Crippen molar-refractivity contribution in [3.05, 3.63) is 29.8 Å². The van der Waals surface area contributed by atoms with Crippen LogP contribution in [0.5, 0.6) is 0 Å². The molecule has 0 N–H and O–H groups in total. The van der Waals surface area contributed by atoms with E-state index in [-0.39, 0.29) is 0 Å². The Kier molecular flexibility index (Phi) is 3.21. The largest absolute Gasteiger partial charge is 0.368 e. The zero-order valence-corrected chi connectivity index (χ0v) is 11.8. The highest BCUT2D eigenvalue weighted by Gasteiger charge is 2.41. The first kappa shape index (κ1) is 12.5. The van der Waals surface area contributed by atoms with E-state index in [4.69, 9.17) is 0 Å². The van der Waals surface area contributed by atoms with E-state index in [1.165, 1.54) is 11.3 Å². The van der Waals surface area contributed by atoms with Crippen LogP contribution in [0.3, 0.4) is 0 Å². The molecule has 1 amide bonds. The van der Waals surface area contributed by atoms with Crippen molar-refractivity contribution in [2.75, 3.05) is 31.1 Å². The third-order valence-corrected chi connectivity index (χ3v) is 4.38. The van der Waals surface area contributed by atoms with E-state index in [9.17, 15) is 4.79 Å². The van der Waals surface area contributed by atoms with Crippen molar-refractivity contribution in [3.8, 4) is 0 Å². The third kappa shape index (κ3) is 2.60. The maximum Gasteiger partial charge on any atom is 0.226 e. The monoisotopic (exact) mass is 258 g/mol. The molecule has 2 atom stereocenters. The van der Waals surface area contributed by atoms with Crippen LogP contribution in [0, 0.1) is 18.8 Å². The van der Waals surface area contributed by atoms with Gasteiger partial charge >= 0.3 is 0 Å². The summed E-state index contributed by atoms with van der Waals surface area (Å²) in [5.41, 5.74) is 2.58. The number of hydrogen-bond donors (Lipinski definition) is 0. The molecular formula is C16H22N2O. The minimum absolute atomic E-state index is 0.325. The quantitative estimate of drug-likeness (QED) is 0.812. The van der Waals surface area contributed by atoms with Crippen LogP contribution >= 0.6 is 0 Å². The number of benzene rings is 1. The van der Waals surface area contributed by atoms with Crippen LogP contribution in [0.4, 0.5) is 5.69 Å². The fraction of sp³-hybridized carbons (Fsp3) is 0.562. The highest BCUT2D eigenvalue weighted by atomic mass is 16.2. The predicted molar refractivity (Wildman–Crippen MR) is 77.2 cm³/mol. The first-order valence-corrected chi connectivity index (χ1v) is 7.25. The number of hydrogen-bond acceptors (Lipinski definition) is 2. The van der Waals surface area contributed by atoms with E-state index >= 15 is 0 Å². The normalized spacial score (nSPS) is 26.4. The molecule has 0 radical (unpaired) electrons. The summed E-state index contributed by atoms with van der Waals surface area (Å²) >= 11 is 0. The lowest BCUT2D eigenvalue weighted by Crippen LogP contribution is -2.49. The van der Waals surface area contributed by atoms with Crippen LogP contribution in [0.25, 0.3) is 0 Å². The summed E-state index contributed by atoms with van der Waals surface area (Å²) in [6.45, 7) is 7.95. The van der Waals surface area contributed by atoms with Crippen LogP contribution in [-0.4, -0.2) is 37.0 Å². The summed E-state index contributed by atoms with van der Waals surface area (Å²) in [6, 6.07) is 8.61. The number of carbonyl (C=O) groups is 1. The van der Waals surface area contributed by atoms with Gasteiger partial charge in [-0.25, -0.2) is 0 Å². The molecule has 1 saturated heterocycles. The molecule has 19 heavy (non-hydrogen) atoms. The van der Waals surface area contributed by atoms with Gasteiger partial charge in [0.1, 0.15) is 0 Å². The Balaban J connectivity index is 1.59. The van der Waals surface area contributed by atoms with E-state index in [1.807, 2.05) is 0 Å². The van der Waals surface area contributed by atoms with E-state index < -0.39 is 0 Å². The molecule has 1 aromatic rings. The van der Waals surface area contributed by atoms with Gasteiger partial charge in [0.25, 0.3) is 0 Å². The first-order chi connectivity index (χ1) is 9.15. The lowest BCUT2D eigenvalue weighted by molar-refractivity contribution is -0.133. The van der Waals surface area contributed by atoms with Crippen molar-refractivity contribution in [1.82, 2.24) is 4.90 Å². The number of nitrogens with zero attached hydrogens (tertiary/aromatic N) is 2. The van der Waals surface area contributed by atoms with Gasteiger partial charge in [-0.05, 0) is 37.0 Å². The smallest absolute Gasteiger partial charge is 0.226 e. The number of amides is 1. The zero-order chi connectivity index (χ0) is 13.4. The second-order valence-electron chi connectivity index (χ2n) is 5.97. The Labute approximate surface area is 115 Å². The molecule has 1 aliphatic carbocycles. The average molecular weight is 258 g/mol. The predicted octanol–water partition coefficient (Wildman–Crippen LogP) is 2.30. The van der Waals surface area contributed by atoms with Gasteiger partial charge in [-0.15, -0.1) is 0 Å². The van der Waals surface area contributed by atoms with Crippen LogP contribution in [0.1, 0.15) is 18.9 Å². The molecule has 1 aromatic carbocycles. The summed E-state index contributed by atoms with van der Waals surface area (Å²) < 4.78 is 0. The standard InChI is InChI=1S/C16H22N2O/c1-12-4-3-5-14(10-12)17-6-8-18(9-7-17)16(19)15-11-13(15)2/h3-5,10,13,15H,6-9,11H2,1-2H3. The Morgan fingerprint density at radius 2 is 1.89 bits per heavy atom. The second-order valence-corrected chi connectivity index (χ2v) is 5.97. The SMILES string of the molecule is Cc1cccc(N2CCN(C(=O)C3CC3C)CC2)c1. The van der Waals surface area contributed by atoms with Crippen LogP contribution in [0.2, 0.25) is 0 Å². The van der Waals surface area contributed by atoms with Crippen molar-refractivity contribution >= 4 is 11.6 Å². The van der Waals surface area contributed by atoms with Crippen molar-refractivity contribution in [3.63, 3.8) is 0 Å².